The van der Waals surface area contributed by atoms with Gasteiger partial charge in [0.15, 0.2) is 0 Å². The third kappa shape index (κ3) is 2.45. The summed E-state index contributed by atoms with van der Waals surface area (Å²) in [6.07, 6.45) is 0. The molecule has 1 atom stereocenters. The van der Waals surface area contributed by atoms with Crippen LogP contribution in [0.5, 0.6) is 0 Å². The Kier molecular flexibility index (Phi) is 3.77. The highest BCUT2D eigenvalue weighted by molar-refractivity contribution is 9.10. The fourth-order valence-corrected chi connectivity index (χ4v) is 3.32. The van der Waals surface area contributed by atoms with E-state index in [1.807, 2.05) is 23.9 Å². The monoisotopic (exact) mass is 291 g/mol. The van der Waals surface area contributed by atoms with Gasteiger partial charge in [0.05, 0.1) is 0 Å². The zero-order valence-corrected chi connectivity index (χ0v) is 10.8. The van der Waals surface area contributed by atoms with E-state index in [-0.39, 0.29) is 0 Å². The van der Waals surface area contributed by atoms with Crippen LogP contribution in [-0.2, 0) is 0 Å². The third-order valence-electron chi connectivity index (χ3n) is 2.26. The van der Waals surface area contributed by atoms with Crippen molar-refractivity contribution in [1.82, 2.24) is 5.32 Å². The number of halogens is 2. The molecular formula is C10H11BrClNS. The predicted molar refractivity (Wildman–Crippen MR) is 67.2 cm³/mol. The molecule has 0 bridgehead atoms. The van der Waals surface area contributed by atoms with Crippen LogP contribution < -0.4 is 5.32 Å². The first-order valence-electron chi connectivity index (χ1n) is 4.53. The molecule has 1 unspecified atom stereocenters. The van der Waals surface area contributed by atoms with Gasteiger partial charge in [-0.3, -0.25) is 0 Å². The van der Waals surface area contributed by atoms with Crippen molar-refractivity contribution in [1.29, 1.82) is 0 Å². The lowest BCUT2D eigenvalue weighted by atomic mass is 10.1. The van der Waals surface area contributed by atoms with Gasteiger partial charge in [-0.1, -0.05) is 33.6 Å². The molecule has 1 aromatic rings. The molecule has 2 rings (SSSR count). The number of hydrogen-bond acceptors (Lipinski definition) is 2. The average molecular weight is 293 g/mol. The van der Waals surface area contributed by atoms with Gasteiger partial charge in [-0.25, -0.2) is 0 Å². The molecule has 1 saturated heterocycles. The smallest absolute Gasteiger partial charge is 0.0465 e. The van der Waals surface area contributed by atoms with Crippen molar-refractivity contribution < 1.29 is 0 Å². The van der Waals surface area contributed by atoms with E-state index in [1.54, 1.807) is 0 Å². The average Bonchev–Trinajstić information content (AvgIpc) is 2.19. The van der Waals surface area contributed by atoms with Crippen LogP contribution in [0.3, 0.4) is 0 Å². The standard InChI is InChI=1S/C10H11BrClNS/c11-7-1-2-8(9(12)5-7)10-6-14-4-3-13-10/h1-2,5,10,13H,3-4,6H2. The SMILES string of the molecule is Clc1cc(Br)ccc1C1CSCCN1. The maximum atomic E-state index is 6.18. The van der Waals surface area contributed by atoms with E-state index in [2.05, 4.69) is 27.3 Å². The molecule has 76 valence electrons. The number of hydrogen-bond donors (Lipinski definition) is 1. The fourth-order valence-electron chi connectivity index (χ4n) is 1.55. The van der Waals surface area contributed by atoms with Crippen molar-refractivity contribution in [2.45, 2.75) is 6.04 Å². The van der Waals surface area contributed by atoms with Crippen LogP contribution in [0.2, 0.25) is 5.02 Å². The van der Waals surface area contributed by atoms with Crippen molar-refractivity contribution in [2.75, 3.05) is 18.1 Å². The maximum absolute atomic E-state index is 6.18. The second-order valence-corrected chi connectivity index (χ2v) is 5.72. The van der Waals surface area contributed by atoms with Crippen LogP contribution in [0.4, 0.5) is 0 Å². The van der Waals surface area contributed by atoms with E-state index in [4.69, 9.17) is 11.6 Å². The van der Waals surface area contributed by atoms with Gasteiger partial charge in [0.25, 0.3) is 0 Å². The summed E-state index contributed by atoms with van der Waals surface area (Å²) in [4.78, 5) is 0. The van der Waals surface area contributed by atoms with Gasteiger partial charge in [-0.15, -0.1) is 0 Å². The molecule has 0 amide bonds. The van der Waals surface area contributed by atoms with E-state index < -0.39 is 0 Å². The molecule has 0 aromatic heterocycles. The number of nitrogens with one attached hydrogen (secondary N) is 1. The molecule has 1 N–H and O–H groups in total. The Morgan fingerprint density at radius 3 is 3.00 bits per heavy atom. The van der Waals surface area contributed by atoms with Crippen LogP contribution in [-0.4, -0.2) is 18.1 Å². The first-order valence-corrected chi connectivity index (χ1v) is 6.86. The Bertz CT molecular complexity index is 326. The van der Waals surface area contributed by atoms with Crippen molar-refractivity contribution in [2.24, 2.45) is 0 Å². The lowest BCUT2D eigenvalue weighted by Crippen LogP contribution is -2.30. The van der Waals surface area contributed by atoms with Crippen LogP contribution >= 0.6 is 39.3 Å². The summed E-state index contributed by atoms with van der Waals surface area (Å²) in [6, 6.07) is 6.50. The first-order chi connectivity index (χ1) is 6.77. The minimum Gasteiger partial charge on any atom is -0.308 e. The molecule has 0 aliphatic carbocycles. The second-order valence-electron chi connectivity index (χ2n) is 3.25. The maximum Gasteiger partial charge on any atom is 0.0465 e. The van der Waals surface area contributed by atoms with Gasteiger partial charge in [-0.2, -0.15) is 11.8 Å². The summed E-state index contributed by atoms with van der Waals surface area (Å²) >= 11 is 11.6. The van der Waals surface area contributed by atoms with E-state index in [9.17, 15) is 0 Å². The molecule has 1 heterocycles. The first kappa shape index (κ1) is 10.8. The number of benzene rings is 1. The third-order valence-corrected chi connectivity index (χ3v) is 4.14. The highest BCUT2D eigenvalue weighted by Gasteiger charge is 2.17. The lowest BCUT2D eigenvalue weighted by molar-refractivity contribution is 0.595. The normalized spacial score (nSPS) is 22.3. The molecule has 1 aromatic carbocycles. The minimum atomic E-state index is 0.411. The Morgan fingerprint density at radius 1 is 1.50 bits per heavy atom. The lowest BCUT2D eigenvalue weighted by Gasteiger charge is -2.24. The molecule has 1 aliphatic heterocycles. The molecular weight excluding hydrogens is 282 g/mol. The summed E-state index contributed by atoms with van der Waals surface area (Å²) in [5.74, 6) is 2.31. The number of thioether (sulfide) groups is 1. The van der Waals surface area contributed by atoms with Crippen molar-refractivity contribution in [3.05, 3.63) is 33.3 Å². The molecule has 1 aliphatic rings. The topological polar surface area (TPSA) is 12.0 Å². The molecule has 0 spiro atoms. The summed E-state index contributed by atoms with van der Waals surface area (Å²) in [5, 5.41) is 4.32. The van der Waals surface area contributed by atoms with Gasteiger partial charge < -0.3 is 5.32 Å². The van der Waals surface area contributed by atoms with E-state index in [0.717, 1.165) is 21.8 Å². The zero-order chi connectivity index (χ0) is 9.97. The summed E-state index contributed by atoms with van der Waals surface area (Å²) in [6.45, 7) is 1.07. The quantitative estimate of drug-likeness (QED) is 0.850. The van der Waals surface area contributed by atoms with E-state index >= 15 is 0 Å². The second kappa shape index (κ2) is 4.88. The Labute approximate surface area is 102 Å². The predicted octanol–water partition coefficient (Wildman–Crippen LogP) is 3.48. The van der Waals surface area contributed by atoms with Crippen molar-refractivity contribution in [3.63, 3.8) is 0 Å². The molecule has 14 heavy (non-hydrogen) atoms. The summed E-state index contributed by atoms with van der Waals surface area (Å²) in [5.41, 5.74) is 1.21. The largest absolute Gasteiger partial charge is 0.308 e. The highest BCUT2D eigenvalue weighted by Crippen LogP contribution is 2.29. The number of rotatable bonds is 1. The Morgan fingerprint density at radius 2 is 2.36 bits per heavy atom. The molecule has 1 fully saturated rings. The minimum absolute atomic E-state index is 0.411. The van der Waals surface area contributed by atoms with Crippen molar-refractivity contribution in [3.8, 4) is 0 Å². The van der Waals surface area contributed by atoms with Crippen LogP contribution in [0.15, 0.2) is 22.7 Å². The van der Waals surface area contributed by atoms with E-state index in [0.29, 0.717) is 6.04 Å². The fraction of sp³-hybridized carbons (Fsp3) is 0.400. The van der Waals surface area contributed by atoms with Gasteiger partial charge in [0.2, 0.25) is 0 Å². The van der Waals surface area contributed by atoms with Gasteiger partial charge in [0.1, 0.15) is 0 Å². The van der Waals surface area contributed by atoms with Gasteiger partial charge in [0, 0.05) is 33.6 Å². The van der Waals surface area contributed by atoms with Crippen molar-refractivity contribution >= 4 is 39.3 Å². The van der Waals surface area contributed by atoms with Crippen LogP contribution in [0.1, 0.15) is 11.6 Å². The highest BCUT2D eigenvalue weighted by atomic mass is 79.9. The molecule has 1 nitrogen and oxygen atoms in total. The molecule has 4 heteroatoms. The van der Waals surface area contributed by atoms with E-state index in [1.165, 1.54) is 11.3 Å². The molecule has 0 radical (unpaired) electrons. The zero-order valence-electron chi connectivity index (χ0n) is 7.59. The summed E-state index contributed by atoms with van der Waals surface area (Å²) in [7, 11) is 0. The Balaban J connectivity index is 2.22. The molecule has 0 saturated carbocycles. The Hall–Kier alpha value is 0.300. The summed E-state index contributed by atoms with van der Waals surface area (Å²) < 4.78 is 1.04. The van der Waals surface area contributed by atoms with Crippen LogP contribution in [0, 0.1) is 0 Å². The van der Waals surface area contributed by atoms with Gasteiger partial charge >= 0.3 is 0 Å². The van der Waals surface area contributed by atoms with Gasteiger partial charge in [-0.05, 0) is 17.7 Å². The van der Waals surface area contributed by atoms with Crippen LogP contribution in [0.25, 0.3) is 0 Å².